The van der Waals surface area contributed by atoms with E-state index in [1.54, 1.807) is 17.0 Å². The fourth-order valence-electron chi connectivity index (χ4n) is 1.86. The minimum atomic E-state index is -4.46. The Morgan fingerprint density at radius 2 is 2.10 bits per heavy atom. The molecule has 8 heteroatoms. The van der Waals surface area contributed by atoms with Crippen LogP contribution >= 0.6 is 0 Å². The number of halogens is 3. The van der Waals surface area contributed by atoms with E-state index in [2.05, 4.69) is 4.98 Å². The number of hydrogen-bond acceptors (Lipinski definition) is 3. The van der Waals surface area contributed by atoms with Crippen LogP contribution in [0.2, 0.25) is 0 Å². The van der Waals surface area contributed by atoms with Crippen LogP contribution in [0.5, 0.6) is 0 Å². The lowest BCUT2D eigenvalue weighted by molar-refractivity contribution is -0.137. The second-order valence-electron chi connectivity index (χ2n) is 4.50. The normalized spacial score (nSPS) is 13.3. The van der Waals surface area contributed by atoms with Gasteiger partial charge in [0.25, 0.3) is 0 Å². The van der Waals surface area contributed by atoms with Gasteiger partial charge in [0, 0.05) is 37.3 Å². The summed E-state index contributed by atoms with van der Waals surface area (Å²) in [6.07, 6.45) is -0.604. The van der Waals surface area contributed by atoms with Gasteiger partial charge < -0.3 is 10.3 Å². The second-order valence-corrected chi connectivity index (χ2v) is 6.04. The van der Waals surface area contributed by atoms with Crippen molar-refractivity contribution < 1.29 is 17.4 Å². The molecule has 21 heavy (non-hydrogen) atoms. The van der Waals surface area contributed by atoms with Crippen LogP contribution in [0.25, 0.3) is 0 Å². The summed E-state index contributed by atoms with van der Waals surface area (Å²) in [5.41, 5.74) is 4.63. The summed E-state index contributed by atoms with van der Waals surface area (Å²) in [7, 11) is 0.349. The maximum absolute atomic E-state index is 12.5. The van der Waals surface area contributed by atoms with E-state index in [9.17, 15) is 17.4 Å². The van der Waals surface area contributed by atoms with E-state index < -0.39 is 22.5 Å². The van der Waals surface area contributed by atoms with E-state index >= 15 is 0 Å². The van der Waals surface area contributed by atoms with Gasteiger partial charge in [-0.05, 0) is 18.2 Å². The Balaban J connectivity index is 2.11. The number of anilines is 1. The molecule has 2 N–H and O–H groups in total. The van der Waals surface area contributed by atoms with Crippen LogP contribution in [0.15, 0.2) is 35.5 Å². The second kappa shape index (κ2) is 5.88. The molecule has 2 rings (SSSR count). The van der Waals surface area contributed by atoms with Crippen molar-refractivity contribution in [2.24, 2.45) is 7.05 Å². The summed E-state index contributed by atoms with van der Waals surface area (Å²) in [5.74, 6) is 1.01. The number of nitrogen functional groups attached to an aromatic ring is 1. The Labute approximate surface area is 122 Å². The molecule has 2 aromatic rings. The third-order valence-electron chi connectivity index (χ3n) is 3.01. The monoisotopic (exact) mass is 317 g/mol. The van der Waals surface area contributed by atoms with Gasteiger partial charge in [0.15, 0.2) is 0 Å². The topological polar surface area (TPSA) is 60.9 Å². The van der Waals surface area contributed by atoms with E-state index in [4.69, 9.17) is 5.73 Å². The number of rotatable bonds is 4. The molecule has 114 valence electrons. The number of benzene rings is 1. The number of alkyl halides is 3. The van der Waals surface area contributed by atoms with Gasteiger partial charge in [-0.1, -0.05) is 0 Å². The summed E-state index contributed by atoms with van der Waals surface area (Å²) >= 11 is 0. The average Bonchev–Trinajstić information content (AvgIpc) is 2.80. The first kappa shape index (κ1) is 15.6. The van der Waals surface area contributed by atoms with Gasteiger partial charge in [0.1, 0.15) is 5.82 Å². The van der Waals surface area contributed by atoms with Gasteiger partial charge in [0.05, 0.1) is 21.3 Å². The molecule has 1 unspecified atom stereocenters. The molecule has 0 aliphatic heterocycles. The maximum Gasteiger partial charge on any atom is 0.416 e. The number of aryl methyl sites for hydroxylation is 2. The molecule has 0 fully saturated rings. The van der Waals surface area contributed by atoms with Crippen molar-refractivity contribution >= 4 is 16.5 Å². The van der Waals surface area contributed by atoms with E-state index in [-0.39, 0.29) is 16.3 Å². The minimum absolute atomic E-state index is 0.108. The van der Waals surface area contributed by atoms with Crippen LogP contribution < -0.4 is 5.73 Å². The summed E-state index contributed by atoms with van der Waals surface area (Å²) in [6.45, 7) is 0. The lowest BCUT2D eigenvalue weighted by Crippen LogP contribution is -2.10. The first-order valence-corrected chi connectivity index (χ1v) is 7.42. The van der Waals surface area contributed by atoms with Crippen molar-refractivity contribution in [3.8, 4) is 0 Å². The molecule has 4 nitrogen and oxygen atoms in total. The molecule has 0 aliphatic rings. The van der Waals surface area contributed by atoms with Crippen molar-refractivity contribution in [1.29, 1.82) is 0 Å². The predicted molar refractivity (Wildman–Crippen MR) is 74.0 cm³/mol. The third kappa shape index (κ3) is 3.63. The first-order valence-electron chi connectivity index (χ1n) is 6.10. The average molecular weight is 317 g/mol. The molecule has 1 atom stereocenters. The van der Waals surface area contributed by atoms with E-state index in [1.807, 2.05) is 7.05 Å². The standard InChI is InChI=1S/C13H14F3N3OS/c1-19-6-5-18-12(19)4-7-21(20)11-3-2-9(8-10(11)17)13(14,15)16/h2-3,5-6,8H,4,7,17H2,1H3. The molecule has 0 aliphatic carbocycles. The lowest BCUT2D eigenvalue weighted by Gasteiger charge is -2.10. The molecule has 0 bridgehead atoms. The Kier molecular flexibility index (Phi) is 4.36. The van der Waals surface area contributed by atoms with Gasteiger partial charge in [0.2, 0.25) is 0 Å². The number of aromatic nitrogens is 2. The van der Waals surface area contributed by atoms with Crippen molar-refractivity contribution in [2.75, 3.05) is 11.5 Å². The third-order valence-corrected chi connectivity index (χ3v) is 4.45. The van der Waals surface area contributed by atoms with Crippen LogP contribution in [-0.2, 0) is 30.4 Å². The molecule has 1 aromatic carbocycles. The van der Waals surface area contributed by atoms with Crippen LogP contribution in [0.1, 0.15) is 11.4 Å². The summed E-state index contributed by atoms with van der Waals surface area (Å²) in [5, 5.41) is 0. The summed E-state index contributed by atoms with van der Waals surface area (Å²) in [4.78, 5) is 4.32. The molecule has 0 spiro atoms. The zero-order valence-corrected chi connectivity index (χ0v) is 12.0. The molecule has 1 heterocycles. The SMILES string of the molecule is Cn1ccnc1CCS(=O)c1ccc(C(F)(F)F)cc1N. The minimum Gasteiger partial charge on any atom is -0.398 e. The van der Waals surface area contributed by atoms with Gasteiger partial charge in [-0.3, -0.25) is 4.21 Å². The van der Waals surface area contributed by atoms with Gasteiger partial charge in [-0.25, -0.2) is 4.98 Å². The van der Waals surface area contributed by atoms with Crippen molar-refractivity contribution in [1.82, 2.24) is 9.55 Å². The van der Waals surface area contributed by atoms with Crippen LogP contribution in [0.3, 0.4) is 0 Å². The molecule has 1 aromatic heterocycles. The quantitative estimate of drug-likeness (QED) is 0.881. The summed E-state index contributed by atoms with van der Waals surface area (Å²) in [6, 6.07) is 2.88. The number of nitrogens with zero attached hydrogens (tertiary/aromatic N) is 2. The van der Waals surface area contributed by atoms with Crippen molar-refractivity contribution in [3.63, 3.8) is 0 Å². The number of imidazole rings is 1. The number of nitrogens with two attached hydrogens (primary N) is 1. The highest BCUT2D eigenvalue weighted by molar-refractivity contribution is 7.85. The van der Waals surface area contributed by atoms with Gasteiger partial charge in [-0.15, -0.1) is 0 Å². The van der Waals surface area contributed by atoms with Gasteiger partial charge >= 0.3 is 6.18 Å². The predicted octanol–water partition coefficient (Wildman–Crippen LogP) is 2.37. The van der Waals surface area contributed by atoms with Crippen LogP contribution in [0.4, 0.5) is 18.9 Å². The Morgan fingerprint density at radius 1 is 1.38 bits per heavy atom. The largest absolute Gasteiger partial charge is 0.416 e. The number of hydrogen-bond donors (Lipinski definition) is 1. The highest BCUT2D eigenvalue weighted by Gasteiger charge is 2.31. The Bertz CT molecular complexity index is 667. The van der Waals surface area contributed by atoms with E-state index in [0.29, 0.717) is 6.42 Å². The fourth-order valence-corrected chi connectivity index (χ4v) is 2.99. The van der Waals surface area contributed by atoms with Crippen molar-refractivity contribution in [3.05, 3.63) is 42.0 Å². The summed E-state index contributed by atoms with van der Waals surface area (Å²) < 4.78 is 51.6. The molecular formula is C13H14F3N3OS. The van der Waals surface area contributed by atoms with E-state index in [1.165, 1.54) is 6.07 Å². The zero-order valence-electron chi connectivity index (χ0n) is 11.2. The maximum atomic E-state index is 12.5. The molecular weight excluding hydrogens is 303 g/mol. The molecule has 0 radical (unpaired) electrons. The molecule has 0 saturated carbocycles. The van der Waals surface area contributed by atoms with Crippen LogP contribution in [0, 0.1) is 0 Å². The van der Waals surface area contributed by atoms with Crippen LogP contribution in [-0.4, -0.2) is 19.5 Å². The highest BCUT2D eigenvalue weighted by atomic mass is 32.2. The smallest absolute Gasteiger partial charge is 0.398 e. The Hall–Kier alpha value is -1.83. The van der Waals surface area contributed by atoms with Crippen molar-refractivity contribution in [2.45, 2.75) is 17.5 Å². The van der Waals surface area contributed by atoms with E-state index in [0.717, 1.165) is 18.0 Å². The molecule has 0 amide bonds. The zero-order chi connectivity index (χ0) is 15.6. The Morgan fingerprint density at radius 3 is 2.62 bits per heavy atom. The first-order chi connectivity index (χ1) is 9.79. The molecule has 0 saturated heterocycles. The van der Waals surface area contributed by atoms with Gasteiger partial charge in [-0.2, -0.15) is 13.2 Å². The highest BCUT2D eigenvalue weighted by Crippen LogP contribution is 2.32. The fraction of sp³-hybridized carbons (Fsp3) is 0.308. The lowest BCUT2D eigenvalue weighted by atomic mass is 10.2.